The zero-order valence-corrected chi connectivity index (χ0v) is 9.33. The lowest BCUT2D eigenvalue weighted by Crippen LogP contribution is -2.09. The molecule has 0 spiro atoms. The quantitative estimate of drug-likeness (QED) is 0.397. The largest absolute Gasteiger partial charge is 0.394 e. The fourth-order valence-corrected chi connectivity index (χ4v) is 1.23. The third-order valence-corrected chi connectivity index (χ3v) is 1.98. The number of aromatic nitrogens is 1. The SMILES string of the molecule is O=[N+]([O-])c1cccnc1NCCCOCCO. The number of hydrogen-bond acceptors (Lipinski definition) is 6. The summed E-state index contributed by atoms with van der Waals surface area (Å²) < 4.78 is 5.05. The maximum atomic E-state index is 10.7. The molecule has 17 heavy (non-hydrogen) atoms. The molecule has 0 aromatic carbocycles. The first kappa shape index (κ1) is 13.3. The number of anilines is 1. The van der Waals surface area contributed by atoms with Crippen LogP contribution in [-0.4, -0.2) is 41.4 Å². The predicted molar refractivity (Wildman–Crippen MR) is 61.9 cm³/mol. The van der Waals surface area contributed by atoms with Crippen LogP contribution in [0.15, 0.2) is 18.3 Å². The van der Waals surface area contributed by atoms with Crippen molar-refractivity contribution in [2.75, 3.05) is 31.7 Å². The van der Waals surface area contributed by atoms with Gasteiger partial charge in [-0.15, -0.1) is 0 Å². The Morgan fingerprint density at radius 3 is 3.06 bits per heavy atom. The van der Waals surface area contributed by atoms with Crippen LogP contribution in [0.3, 0.4) is 0 Å². The van der Waals surface area contributed by atoms with E-state index in [0.717, 1.165) is 0 Å². The summed E-state index contributed by atoms with van der Waals surface area (Å²) in [6.45, 7) is 1.33. The molecule has 0 aliphatic heterocycles. The molecule has 1 aromatic heterocycles. The Morgan fingerprint density at radius 2 is 2.35 bits per heavy atom. The molecule has 0 aliphatic rings. The molecule has 1 aromatic rings. The Kier molecular flexibility index (Phi) is 5.91. The number of aliphatic hydroxyl groups is 1. The van der Waals surface area contributed by atoms with Crippen molar-refractivity contribution in [2.45, 2.75) is 6.42 Å². The van der Waals surface area contributed by atoms with E-state index in [-0.39, 0.29) is 18.1 Å². The highest BCUT2D eigenvalue weighted by Gasteiger charge is 2.12. The minimum atomic E-state index is -0.475. The van der Waals surface area contributed by atoms with Crippen LogP contribution >= 0.6 is 0 Å². The van der Waals surface area contributed by atoms with Crippen molar-refractivity contribution < 1.29 is 14.8 Å². The van der Waals surface area contributed by atoms with Crippen molar-refractivity contribution >= 4 is 11.5 Å². The van der Waals surface area contributed by atoms with Crippen LogP contribution < -0.4 is 5.32 Å². The lowest BCUT2D eigenvalue weighted by atomic mass is 10.3. The number of nitrogens with zero attached hydrogens (tertiary/aromatic N) is 2. The Hall–Kier alpha value is -1.73. The summed E-state index contributed by atoms with van der Waals surface area (Å²) in [5, 5.41) is 22.0. The van der Waals surface area contributed by atoms with E-state index in [2.05, 4.69) is 10.3 Å². The third kappa shape index (κ3) is 4.75. The molecule has 7 nitrogen and oxygen atoms in total. The van der Waals surface area contributed by atoms with Crippen LogP contribution in [0.25, 0.3) is 0 Å². The Balaban J connectivity index is 2.34. The van der Waals surface area contributed by atoms with Gasteiger partial charge in [-0.25, -0.2) is 4.98 Å². The number of pyridine rings is 1. The molecular formula is C10H15N3O4. The van der Waals surface area contributed by atoms with Gasteiger partial charge in [0.1, 0.15) is 0 Å². The van der Waals surface area contributed by atoms with Crippen molar-refractivity contribution in [2.24, 2.45) is 0 Å². The van der Waals surface area contributed by atoms with Crippen molar-refractivity contribution in [1.82, 2.24) is 4.98 Å². The van der Waals surface area contributed by atoms with Crippen LogP contribution in [-0.2, 0) is 4.74 Å². The summed E-state index contributed by atoms with van der Waals surface area (Å²) in [6.07, 6.45) is 2.19. The first-order chi connectivity index (χ1) is 8.25. The highest BCUT2D eigenvalue weighted by molar-refractivity contribution is 5.54. The zero-order valence-electron chi connectivity index (χ0n) is 9.33. The average Bonchev–Trinajstić information content (AvgIpc) is 2.34. The monoisotopic (exact) mass is 241 g/mol. The normalized spacial score (nSPS) is 10.2. The number of aliphatic hydroxyl groups excluding tert-OH is 1. The molecule has 0 atom stereocenters. The molecule has 0 amide bonds. The van der Waals surface area contributed by atoms with Crippen molar-refractivity contribution in [1.29, 1.82) is 0 Å². The van der Waals surface area contributed by atoms with Gasteiger partial charge in [-0.1, -0.05) is 0 Å². The lowest BCUT2D eigenvalue weighted by molar-refractivity contribution is -0.384. The second-order valence-electron chi connectivity index (χ2n) is 3.24. The van der Waals surface area contributed by atoms with Gasteiger partial charge in [0.05, 0.1) is 18.1 Å². The van der Waals surface area contributed by atoms with E-state index in [4.69, 9.17) is 9.84 Å². The average molecular weight is 241 g/mol. The van der Waals surface area contributed by atoms with Crippen LogP contribution in [0.2, 0.25) is 0 Å². The smallest absolute Gasteiger partial charge is 0.311 e. The van der Waals surface area contributed by atoms with Crippen LogP contribution in [0, 0.1) is 10.1 Å². The van der Waals surface area contributed by atoms with Gasteiger partial charge in [0, 0.05) is 25.4 Å². The van der Waals surface area contributed by atoms with E-state index >= 15 is 0 Å². The Bertz CT molecular complexity index is 359. The summed E-state index contributed by atoms with van der Waals surface area (Å²) in [6, 6.07) is 2.92. The van der Waals surface area contributed by atoms with Gasteiger partial charge >= 0.3 is 5.69 Å². The zero-order chi connectivity index (χ0) is 12.5. The van der Waals surface area contributed by atoms with E-state index in [1.54, 1.807) is 0 Å². The minimum absolute atomic E-state index is 0.000852. The second kappa shape index (κ2) is 7.53. The van der Waals surface area contributed by atoms with Gasteiger partial charge in [0.25, 0.3) is 0 Å². The van der Waals surface area contributed by atoms with Gasteiger partial charge in [0.15, 0.2) is 0 Å². The number of rotatable bonds is 8. The topological polar surface area (TPSA) is 97.5 Å². The van der Waals surface area contributed by atoms with Gasteiger partial charge in [-0.3, -0.25) is 10.1 Å². The highest BCUT2D eigenvalue weighted by Crippen LogP contribution is 2.19. The minimum Gasteiger partial charge on any atom is -0.394 e. The van der Waals surface area contributed by atoms with Crippen LogP contribution in [0.5, 0.6) is 0 Å². The molecule has 2 N–H and O–H groups in total. The number of nitrogens with one attached hydrogen (secondary N) is 1. The van der Waals surface area contributed by atoms with Crippen LogP contribution in [0.4, 0.5) is 11.5 Å². The summed E-state index contributed by atoms with van der Waals surface area (Å²) in [5.41, 5.74) is -0.0382. The number of nitro groups is 1. The predicted octanol–water partition coefficient (Wildman–Crippen LogP) is 0.801. The molecule has 0 saturated carbocycles. The molecule has 0 bridgehead atoms. The van der Waals surface area contributed by atoms with Crippen LogP contribution in [0.1, 0.15) is 6.42 Å². The summed E-state index contributed by atoms with van der Waals surface area (Å²) >= 11 is 0. The van der Waals surface area contributed by atoms with E-state index in [1.165, 1.54) is 18.3 Å². The molecule has 1 heterocycles. The van der Waals surface area contributed by atoms with Gasteiger partial charge in [0.2, 0.25) is 5.82 Å². The molecule has 7 heteroatoms. The van der Waals surface area contributed by atoms with E-state index in [1.807, 2.05) is 0 Å². The fourth-order valence-electron chi connectivity index (χ4n) is 1.23. The molecule has 0 saturated heterocycles. The standard InChI is InChI=1S/C10H15N3O4/c14-6-8-17-7-2-5-12-10-9(13(15)16)3-1-4-11-10/h1,3-4,14H,2,5-8H2,(H,11,12). The first-order valence-electron chi connectivity index (χ1n) is 5.27. The van der Waals surface area contributed by atoms with E-state index < -0.39 is 4.92 Å². The first-order valence-corrected chi connectivity index (χ1v) is 5.27. The summed E-state index contributed by atoms with van der Waals surface area (Å²) in [7, 11) is 0. The summed E-state index contributed by atoms with van der Waals surface area (Å²) in [4.78, 5) is 14.1. The van der Waals surface area contributed by atoms with Gasteiger partial charge in [-0.05, 0) is 12.5 Å². The van der Waals surface area contributed by atoms with Gasteiger partial charge < -0.3 is 15.2 Å². The lowest BCUT2D eigenvalue weighted by Gasteiger charge is -2.05. The molecule has 0 radical (unpaired) electrons. The Labute approximate surface area is 98.6 Å². The molecule has 0 aliphatic carbocycles. The molecule has 0 unspecified atom stereocenters. The Morgan fingerprint density at radius 1 is 1.53 bits per heavy atom. The summed E-state index contributed by atoms with van der Waals surface area (Å²) in [5.74, 6) is 0.264. The molecule has 1 rings (SSSR count). The molecule has 0 fully saturated rings. The number of ether oxygens (including phenoxy) is 1. The molecular weight excluding hydrogens is 226 g/mol. The highest BCUT2D eigenvalue weighted by atomic mass is 16.6. The van der Waals surface area contributed by atoms with Crippen molar-refractivity contribution in [3.63, 3.8) is 0 Å². The van der Waals surface area contributed by atoms with Crippen molar-refractivity contribution in [3.05, 3.63) is 28.4 Å². The van der Waals surface area contributed by atoms with Crippen molar-refractivity contribution in [3.8, 4) is 0 Å². The number of hydrogen-bond donors (Lipinski definition) is 2. The maximum Gasteiger partial charge on any atom is 0.311 e. The second-order valence-corrected chi connectivity index (χ2v) is 3.24. The van der Waals surface area contributed by atoms with E-state index in [0.29, 0.717) is 26.2 Å². The molecule has 94 valence electrons. The van der Waals surface area contributed by atoms with Gasteiger partial charge in [-0.2, -0.15) is 0 Å². The van der Waals surface area contributed by atoms with E-state index in [9.17, 15) is 10.1 Å². The fraction of sp³-hybridized carbons (Fsp3) is 0.500. The maximum absolute atomic E-state index is 10.7. The third-order valence-electron chi connectivity index (χ3n) is 1.98.